The van der Waals surface area contributed by atoms with Gasteiger partial charge in [-0.25, -0.2) is 0 Å². The highest BCUT2D eigenvalue weighted by Gasteiger charge is 2.34. The Balaban J connectivity index is 2.50. The molecule has 1 amide bonds. The topological polar surface area (TPSA) is 38.3 Å². The summed E-state index contributed by atoms with van der Waals surface area (Å²) in [6, 6.07) is 0. The van der Waals surface area contributed by atoms with E-state index in [1.54, 1.807) is 0 Å². The summed E-state index contributed by atoms with van der Waals surface area (Å²) < 4.78 is 5.29. The molecule has 0 saturated carbocycles. The summed E-state index contributed by atoms with van der Waals surface area (Å²) in [5, 5.41) is 2.84. The zero-order valence-corrected chi connectivity index (χ0v) is 7.85. The van der Waals surface area contributed by atoms with Gasteiger partial charge in [0.1, 0.15) is 0 Å². The van der Waals surface area contributed by atoms with Gasteiger partial charge >= 0.3 is 0 Å². The summed E-state index contributed by atoms with van der Waals surface area (Å²) in [6.07, 6.45) is 1.94. The molecule has 1 heterocycles. The lowest BCUT2D eigenvalue weighted by Crippen LogP contribution is -2.44. The number of hydrogen-bond acceptors (Lipinski definition) is 2. The maximum Gasteiger partial charge on any atom is 0.228 e. The molecule has 1 atom stereocenters. The van der Waals surface area contributed by atoms with Gasteiger partial charge in [-0.3, -0.25) is 4.79 Å². The van der Waals surface area contributed by atoms with Crippen LogP contribution in [0.3, 0.4) is 0 Å². The highest BCUT2D eigenvalue weighted by atomic mass is 16.5. The third-order valence-electron chi connectivity index (χ3n) is 2.32. The first kappa shape index (κ1) is 9.52. The Kier molecular flexibility index (Phi) is 3.09. The first-order valence-electron chi connectivity index (χ1n) is 4.55. The molecule has 0 aromatic carbocycles. The van der Waals surface area contributed by atoms with Crippen molar-refractivity contribution >= 4 is 5.91 Å². The number of hydrogen-bond donors (Lipinski definition) is 1. The van der Waals surface area contributed by atoms with Crippen molar-refractivity contribution in [1.82, 2.24) is 5.32 Å². The number of amides is 1. The van der Waals surface area contributed by atoms with E-state index in [9.17, 15) is 4.79 Å². The summed E-state index contributed by atoms with van der Waals surface area (Å²) in [5.74, 6) is 0.129. The van der Waals surface area contributed by atoms with E-state index in [4.69, 9.17) is 4.74 Å². The standard InChI is InChI=1S/C9H17NO2/c1-3-10-8(11)9(2)5-4-6-12-7-9/h3-7H2,1-2H3,(H,10,11). The third-order valence-corrected chi connectivity index (χ3v) is 2.32. The Morgan fingerprint density at radius 2 is 2.42 bits per heavy atom. The van der Waals surface area contributed by atoms with Gasteiger partial charge in [0, 0.05) is 13.2 Å². The maximum atomic E-state index is 11.5. The van der Waals surface area contributed by atoms with Crippen LogP contribution in [0.1, 0.15) is 26.7 Å². The van der Waals surface area contributed by atoms with Crippen LogP contribution in [0.4, 0.5) is 0 Å². The lowest BCUT2D eigenvalue weighted by atomic mass is 9.84. The van der Waals surface area contributed by atoms with Gasteiger partial charge in [0.15, 0.2) is 0 Å². The summed E-state index contributed by atoms with van der Waals surface area (Å²) >= 11 is 0. The van der Waals surface area contributed by atoms with Crippen LogP contribution < -0.4 is 5.32 Å². The fourth-order valence-corrected chi connectivity index (χ4v) is 1.49. The van der Waals surface area contributed by atoms with Crippen LogP contribution in [-0.4, -0.2) is 25.7 Å². The summed E-state index contributed by atoms with van der Waals surface area (Å²) in [7, 11) is 0. The van der Waals surface area contributed by atoms with Crippen LogP contribution >= 0.6 is 0 Å². The van der Waals surface area contributed by atoms with Gasteiger partial charge < -0.3 is 10.1 Å². The molecule has 1 rings (SSSR count). The van der Waals surface area contributed by atoms with E-state index in [-0.39, 0.29) is 11.3 Å². The van der Waals surface area contributed by atoms with Gasteiger partial charge in [0.2, 0.25) is 5.91 Å². The van der Waals surface area contributed by atoms with Gasteiger partial charge in [0.25, 0.3) is 0 Å². The molecule has 0 aromatic heterocycles. The van der Waals surface area contributed by atoms with E-state index in [0.29, 0.717) is 13.2 Å². The minimum atomic E-state index is -0.283. The molecule has 1 fully saturated rings. The maximum absolute atomic E-state index is 11.5. The first-order chi connectivity index (χ1) is 5.69. The normalized spacial score (nSPS) is 29.8. The van der Waals surface area contributed by atoms with Crippen molar-refractivity contribution in [2.45, 2.75) is 26.7 Å². The predicted molar refractivity (Wildman–Crippen MR) is 46.8 cm³/mol. The predicted octanol–water partition coefficient (Wildman–Crippen LogP) is 0.939. The Morgan fingerprint density at radius 3 is 2.92 bits per heavy atom. The summed E-state index contributed by atoms with van der Waals surface area (Å²) in [6.45, 7) is 5.98. The van der Waals surface area contributed by atoms with Crippen molar-refractivity contribution in [2.24, 2.45) is 5.41 Å². The van der Waals surface area contributed by atoms with E-state index >= 15 is 0 Å². The molecular weight excluding hydrogens is 154 g/mol. The largest absolute Gasteiger partial charge is 0.380 e. The molecule has 1 N–H and O–H groups in total. The Bertz CT molecular complexity index is 162. The molecule has 0 bridgehead atoms. The first-order valence-corrected chi connectivity index (χ1v) is 4.55. The molecule has 3 heteroatoms. The van der Waals surface area contributed by atoms with Crippen molar-refractivity contribution in [2.75, 3.05) is 19.8 Å². The lowest BCUT2D eigenvalue weighted by molar-refractivity contribution is -0.137. The van der Waals surface area contributed by atoms with Gasteiger partial charge in [-0.1, -0.05) is 0 Å². The SMILES string of the molecule is CCNC(=O)C1(C)CCCOC1. The number of carbonyl (C=O) groups is 1. The molecule has 0 aromatic rings. The second-order valence-electron chi connectivity index (χ2n) is 3.58. The zero-order valence-electron chi connectivity index (χ0n) is 7.85. The number of carbonyl (C=O) groups excluding carboxylic acids is 1. The van der Waals surface area contributed by atoms with Crippen molar-refractivity contribution in [3.8, 4) is 0 Å². The summed E-state index contributed by atoms with van der Waals surface area (Å²) in [4.78, 5) is 11.5. The van der Waals surface area contributed by atoms with Crippen LogP contribution in [-0.2, 0) is 9.53 Å². The lowest BCUT2D eigenvalue weighted by Gasteiger charge is -2.31. The average Bonchev–Trinajstić information content (AvgIpc) is 2.06. The monoisotopic (exact) mass is 171 g/mol. The minimum absolute atomic E-state index is 0.129. The highest BCUT2D eigenvalue weighted by Crippen LogP contribution is 2.27. The van der Waals surface area contributed by atoms with Crippen molar-refractivity contribution < 1.29 is 9.53 Å². The Morgan fingerprint density at radius 1 is 1.67 bits per heavy atom. The Hall–Kier alpha value is -0.570. The smallest absolute Gasteiger partial charge is 0.228 e. The highest BCUT2D eigenvalue weighted by molar-refractivity contribution is 5.82. The molecule has 0 radical (unpaired) electrons. The van der Waals surface area contributed by atoms with Crippen LogP contribution in [0.15, 0.2) is 0 Å². The van der Waals surface area contributed by atoms with E-state index < -0.39 is 0 Å². The Labute approximate surface area is 73.5 Å². The van der Waals surface area contributed by atoms with Crippen LogP contribution in [0, 0.1) is 5.41 Å². The fourth-order valence-electron chi connectivity index (χ4n) is 1.49. The quantitative estimate of drug-likeness (QED) is 0.671. The third kappa shape index (κ3) is 1.97. The van der Waals surface area contributed by atoms with Crippen LogP contribution in [0.25, 0.3) is 0 Å². The van der Waals surface area contributed by atoms with Gasteiger partial charge in [-0.2, -0.15) is 0 Å². The van der Waals surface area contributed by atoms with Gasteiger partial charge in [-0.05, 0) is 26.7 Å². The van der Waals surface area contributed by atoms with Crippen molar-refractivity contribution in [3.05, 3.63) is 0 Å². The second-order valence-corrected chi connectivity index (χ2v) is 3.58. The molecular formula is C9H17NO2. The molecule has 70 valence electrons. The van der Waals surface area contributed by atoms with Crippen molar-refractivity contribution in [3.63, 3.8) is 0 Å². The fraction of sp³-hybridized carbons (Fsp3) is 0.889. The molecule has 1 unspecified atom stereocenters. The zero-order chi connectivity index (χ0) is 9.03. The van der Waals surface area contributed by atoms with E-state index in [2.05, 4.69) is 5.32 Å². The van der Waals surface area contributed by atoms with Crippen LogP contribution in [0.2, 0.25) is 0 Å². The molecule has 12 heavy (non-hydrogen) atoms. The molecule has 1 saturated heterocycles. The van der Waals surface area contributed by atoms with E-state index in [1.807, 2.05) is 13.8 Å². The number of nitrogens with one attached hydrogen (secondary N) is 1. The number of ether oxygens (including phenoxy) is 1. The van der Waals surface area contributed by atoms with Crippen LogP contribution in [0.5, 0.6) is 0 Å². The molecule has 0 aliphatic carbocycles. The average molecular weight is 171 g/mol. The van der Waals surface area contributed by atoms with Gasteiger partial charge in [-0.15, -0.1) is 0 Å². The second kappa shape index (κ2) is 3.90. The molecule has 3 nitrogen and oxygen atoms in total. The van der Waals surface area contributed by atoms with E-state index in [0.717, 1.165) is 19.4 Å². The number of rotatable bonds is 2. The van der Waals surface area contributed by atoms with Crippen molar-refractivity contribution in [1.29, 1.82) is 0 Å². The van der Waals surface area contributed by atoms with Gasteiger partial charge in [0.05, 0.1) is 12.0 Å². The van der Waals surface area contributed by atoms with E-state index in [1.165, 1.54) is 0 Å². The molecule has 1 aliphatic rings. The minimum Gasteiger partial charge on any atom is -0.380 e. The summed E-state index contributed by atoms with van der Waals surface area (Å²) in [5.41, 5.74) is -0.283. The molecule has 0 spiro atoms. The molecule has 1 aliphatic heterocycles.